The molecule has 104 valence electrons. The Balaban J connectivity index is 2.12. The van der Waals surface area contributed by atoms with Crippen molar-refractivity contribution in [2.75, 3.05) is 5.75 Å². The summed E-state index contributed by atoms with van der Waals surface area (Å²) in [7, 11) is -0.986. The lowest BCUT2D eigenvalue weighted by Gasteiger charge is -2.10. The van der Waals surface area contributed by atoms with Crippen LogP contribution >= 0.6 is 11.8 Å². The molecule has 0 radical (unpaired) electrons. The Morgan fingerprint density at radius 2 is 1.50 bits per heavy atom. The molecule has 3 heteroatoms. The lowest BCUT2D eigenvalue weighted by atomic mass is 10.3. The Bertz CT molecular complexity index is 599. The van der Waals surface area contributed by atoms with Gasteiger partial charge in [-0.15, -0.1) is 0 Å². The molecule has 2 rings (SSSR count). The first kappa shape index (κ1) is 15.1. The fourth-order valence-corrected chi connectivity index (χ4v) is 4.17. The van der Waals surface area contributed by atoms with Crippen LogP contribution in [0.3, 0.4) is 0 Å². The molecule has 1 unspecified atom stereocenters. The van der Waals surface area contributed by atoms with Crippen molar-refractivity contribution in [3.8, 4) is 0 Å². The molecule has 0 saturated heterocycles. The molecule has 0 heterocycles. The van der Waals surface area contributed by atoms with Crippen LogP contribution in [0.2, 0.25) is 0 Å². The quantitative estimate of drug-likeness (QED) is 0.732. The zero-order valence-electron chi connectivity index (χ0n) is 11.7. The largest absolute Gasteiger partial charge is 0.254 e. The second-order valence-electron chi connectivity index (χ2n) is 4.64. The minimum atomic E-state index is -0.986. The van der Waals surface area contributed by atoms with Gasteiger partial charge in [0.25, 0.3) is 0 Å². The van der Waals surface area contributed by atoms with Gasteiger partial charge in [-0.2, -0.15) is 0 Å². The molecule has 0 bridgehead atoms. The summed E-state index contributed by atoms with van der Waals surface area (Å²) in [6.45, 7) is 4.15. The molecule has 0 aliphatic carbocycles. The second-order valence-corrected chi connectivity index (χ2v) is 7.26. The third-order valence-electron chi connectivity index (χ3n) is 2.81. The predicted octanol–water partition coefficient (Wildman–Crippen LogP) is 4.88. The summed E-state index contributed by atoms with van der Waals surface area (Å²) in [5.41, 5.74) is 1.23. The molecule has 20 heavy (non-hydrogen) atoms. The summed E-state index contributed by atoms with van der Waals surface area (Å²) < 4.78 is 12.4. The lowest BCUT2D eigenvalue weighted by Crippen LogP contribution is -2.00. The van der Waals surface area contributed by atoms with E-state index in [4.69, 9.17) is 0 Å². The van der Waals surface area contributed by atoms with Gasteiger partial charge in [-0.25, -0.2) is 0 Å². The van der Waals surface area contributed by atoms with Crippen LogP contribution in [0.4, 0.5) is 0 Å². The summed E-state index contributed by atoms with van der Waals surface area (Å²) in [6, 6.07) is 19.9. The van der Waals surface area contributed by atoms with Gasteiger partial charge >= 0.3 is 0 Å². The molecule has 0 N–H and O–H groups in total. The molecule has 0 amide bonds. The van der Waals surface area contributed by atoms with Crippen LogP contribution in [0.15, 0.2) is 80.9 Å². The van der Waals surface area contributed by atoms with Gasteiger partial charge in [-0.05, 0) is 38.1 Å². The Morgan fingerprint density at radius 1 is 0.950 bits per heavy atom. The summed E-state index contributed by atoms with van der Waals surface area (Å²) in [4.78, 5) is 3.26. The normalized spacial score (nSPS) is 11.9. The number of hydrogen-bond acceptors (Lipinski definition) is 2. The highest BCUT2D eigenvalue weighted by Crippen LogP contribution is 2.30. The van der Waals surface area contributed by atoms with E-state index in [-0.39, 0.29) is 0 Å². The number of thioether (sulfide) groups is 1. The van der Waals surface area contributed by atoms with E-state index in [1.54, 1.807) is 11.8 Å². The third kappa shape index (κ3) is 4.36. The third-order valence-corrected chi connectivity index (χ3v) is 5.65. The van der Waals surface area contributed by atoms with Crippen LogP contribution in [-0.4, -0.2) is 9.96 Å². The maximum Gasteiger partial charge on any atom is 0.0595 e. The molecule has 1 atom stereocenters. The molecule has 0 aromatic heterocycles. The average Bonchev–Trinajstić information content (AvgIpc) is 2.48. The zero-order chi connectivity index (χ0) is 14.4. The molecule has 1 nitrogen and oxygen atoms in total. The summed E-state index contributed by atoms with van der Waals surface area (Å²) in [5.74, 6) is 0.575. The van der Waals surface area contributed by atoms with E-state index in [9.17, 15) is 4.21 Å². The fourth-order valence-electron chi connectivity index (χ4n) is 1.68. The Hall–Kier alpha value is -1.32. The van der Waals surface area contributed by atoms with Gasteiger partial charge in [0.2, 0.25) is 0 Å². The van der Waals surface area contributed by atoms with Gasteiger partial charge < -0.3 is 0 Å². The predicted molar refractivity (Wildman–Crippen MR) is 88.4 cm³/mol. The number of hydrogen-bond donors (Lipinski definition) is 0. The van der Waals surface area contributed by atoms with E-state index >= 15 is 0 Å². The van der Waals surface area contributed by atoms with Crippen molar-refractivity contribution in [3.63, 3.8) is 0 Å². The molecule has 0 aliphatic rings. The molecule has 0 spiro atoms. The van der Waals surface area contributed by atoms with Crippen LogP contribution in [0.1, 0.15) is 13.8 Å². The van der Waals surface area contributed by atoms with E-state index in [0.717, 1.165) is 4.90 Å². The van der Waals surface area contributed by atoms with Crippen LogP contribution in [0.5, 0.6) is 0 Å². The van der Waals surface area contributed by atoms with Crippen molar-refractivity contribution in [1.29, 1.82) is 0 Å². The lowest BCUT2D eigenvalue weighted by molar-refractivity contribution is 0.685. The van der Waals surface area contributed by atoms with E-state index in [1.165, 1.54) is 15.4 Å². The van der Waals surface area contributed by atoms with Crippen molar-refractivity contribution in [2.45, 2.75) is 23.6 Å². The highest BCUT2D eigenvalue weighted by molar-refractivity contribution is 8.04. The monoisotopic (exact) mass is 302 g/mol. The Labute approximate surface area is 127 Å². The van der Waals surface area contributed by atoms with E-state index < -0.39 is 10.8 Å². The van der Waals surface area contributed by atoms with Gasteiger partial charge in [-0.1, -0.05) is 53.7 Å². The molecule has 2 aromatic rings. The van der Waals surface area contributed by atoms with E-state index in [1.807, 2.05) is 48.5 Å². The van der Waals surface area contributed by atoms with Crippen molar-refractivity contribution < 1.29 is 4.21 Å². The van der Waals surface area contributed by atoms with Crippen molar-refractivity contribution in [1.82, 2.24) is 0 Å². The zero-order valence-corrected chi connectivity index (χ0v) is 13.3. The van der Waals surface area contributed by atoms with Crippen LogP contribution < -0.4 is 0 Å². The van der Waals surface area contributed by atoms with E-state index in [0.29, 0.717) is 5.75 Å². The highest BCUT2D eigenvalue weighted by Gasteiger charge is 2.10. The molecule has 2 aromatic carbocycles. The second kappa shape index (κ2) is 7.46. The Kier molecular flexibility index (Phi) is 5.62. The van der Waals surface area contributed by atoms with Gasteiger partial charge in [0, 0.05) is 14.7 Å². The van der Waals surface area contributed by atoms with Crippen molar-refractivity contribution >= 4 is 22.6 Å². The standard InChI is InChI=1S/C17H18OS2/c1-14(2)17(19-15-9-5-3-6-10-15)13-20(18)16-11-7-4-8-12-16/h3-12H,13H2,1-2H3. The Morgan fingerprint density at radius 3 is 2.05 bits per heavy atom. The van der Waals surface area contributed by atoms with Gasteiger partial charge in [-0.3, -0.25) is 4.21 Å². The summed E-state index contributed by atoms with van der Waals surface area (Å²) in [5, 5.41) is 0. The van der Waals surface area contributed by atoms with Crippen LogP contribution in [0, 0.1) is 0 Å². The molecular formula is C17H18OS2. The first-order chi connectivity index (χ1) is 9.66. The molecule has 0 aliphatic heterocycles. The minimum Gasteiger partial charge on any atom is -0.254 e. The topological polar surface area (TPSA) is 17.1 Å². The SMILES string of the molecule is CC(C)=C(CS(=O)c1ccccc1)Sc1ccccc1. The van der Waals surface area contributed by atoms with Crippen LogP contribution in [0.25, 0.3) is 0 Å². The van der Waals surface area contributed by atoms with Crippen molar-refractivity contribution in [3.05, 3.63) is 71.1 Å². The first-order valence-electron chi connectivity index (χ1n) is 6.49. The molecule has 0 saturated carbocycles. The van der Waals surface area contributed by atoms with Crippen LogP contribution in [-0.2, 0) is 10.8 Å². The van der Waals surface area contributed by atoms with Crippen molar-refractivity contribution in [2.24, 2.45) is 0 Å². The average molecular weight is 302 g/mol. The number of rotatable bonds is 5. The summed E-state index contributed by atoms with van der Waals surface area (Å²) >= 11 is 1.71. The van der Waals surface area contributed by atoms with E-state index in [2.05, 4.69) is 26.0 Å². The van der Waals surface area contributed by atoms with Gasteiger partial charge in [0.1, 0.15) is 0 Å². The molecular weight excluding hydrogens is 284 g/mol. The first-order valence-corrected chi connectivity index (χ1v) is 8.63. The maximum absolute atomic E-state index is 12.4. The van der Waals surface area contributed by atoms with Gasteiger partial charge in [0.05, 0.1) is 16.6 Å². The summed E-state index contributed by atoms with van der Waals surface area (Å²) in [6.07, 6.45) is 0. The molecule has 0 fully saturated rings. The minimum absolute atomic E-state index is 0.575. The number of allylic oxidation sites excluding steroid dienone is 1. The maximum atomic E-state index is 12.4. The highest BCUT2D eigenvalue weighted by atomic mass is 32.2. The number of benzene rings is 2. The van der Waals surface area contributed by atoms with Gasteiger partial charge in [0.15, 0.2) is 0 Å². The fraction of sp³-hybridized carbons (Fsp3) is 0.176. The smallest absolute Gasteiger partial charge is 0.0595 e.